The summed E-state index contributed by atoms with van der Waals surface area (Å²) in [5.41, 5.74) is 1.08. The number of carbonyl (C=O) groups is 1. The maximum Gasteiger partial charge on any atom is 0.304 e. The summed E-state index contributed by atoms with van der Waals surface area (Å²) in [6.07, 6.45) is 0.819. The van der Waals surface area contributed by atoms with Gasteiger partial charge in [0, 0.05) is 11.1 Å². The van der Waals surface area contributed by atoms with E-state index in [2.05, 4.69) is 5.32 Å². The predicted octanol–water partition coefficient (Wildman–Crippen LogP) is 1.95. The van der Waals surface area contributed by atoms with E-state index < -0.39 is 5.97 Å². The Morgan fingerprint density at radius 1 is 1.47 bits per heavy atom. The summed E-state index contributed by atoms with van der Waals surface area (Å²) in [6, 6.07) is 7.40. The van der Waals surface area contributed by atoms with Gasteiger partial charge in [-0.05, 0) is 31.2 Å². The fraction of sp³-hybridized carbons (Fsp3) is 0.364. The molecule has 1 rings (SSSR count). The molecule has 0 aliphatic heterocycles. The van der Waals surface area contributed by atoms with Gasteiger partial charge in [0.25, 0.3) is 0 Å². The number of hydrogen-bond donors (Lipinski definition) is 2. The molecule has 0 amide bonds. The molecule has 0 fully saturated rings. The number of nitrogens with one attached hydrogen (secondary N) is 1. The Morgan fingerprint density at radius 3 is 2.53 bits per heavy atom. The smallest absolute Gasteiger partial charge is 0.304 e. The Bertz CT molecular complexity index is 324. The van der Waals surface area contributed by atoms with Gasteiger partial charge in [-0.3, -0.25) is 4.79 Å². The summed E-state index contributed by atoms with van der Waals surface area (Å²) in [4.78, 5) is 10.6. The molecular formula is C11H14ClNO2. The van der Waals surface area contributed by atoms with Crippen LogP contribution in [-0.2, 0) is 11.2 Å². The van der Waals surface area contributed by atoms with E-state index in [0.717, 1.165) is 5.56 Å². The standard InChI is InChI=1S/C11H14ClNO2/c1-13-10(7-11(14)15)6-8-2-4-9(12)5-3-8/h2-5,10,13H,6-7H2,1H3,(H,14,15)/t10-/m0/s1. The molecule has 0 aromatic heterocycles. The number of aliphatic carboxylic acids is 1. The maximum atomic E-state index is 10.6. The second-order valence-electron chi connectivity index (χ2n) is 3.41. The van der Waals surface area contributed by atoms with Crippen LogP contribution in [0.3, 0.4) is 0 Å². The number of carboxylic acid groups (broad SMARTS) is 1. The Morgan fingerprint density at radius 2 is 2.07 bits per heavy atom. The van der Waals surface area contributed by atoms with E-state index in [9.17, 15) is 4.79 Å². The van der Waals surface area contributed by atoms with Gasteiger partial charge in [-0.15, -0.1) is 0 Å². The van der Waals surface area contributed by atoms with Crippen LogP contribution in [0, 0.1) is 0 Å². The minimum absolute atomic E-state index is 0.0383. The summed E-state index contributed by atoms with van der Waals surface area (Å²) in [7, 11) is 1.77. The number of hydrogen-bond acceptors (Lipinski definition) is 2. The van der Waals surface area contributed by atoms with Gasteiger partial charge in [-0.25, -0.2) is 0 Å². The molecule has 0 aliphatic carbocycles. The van der Waals surface area contributed by atoms with Crippen LogP contribution in [0.5, 0.6) is 0 Å². The lowest BCUT2D eigenvalue weighted by Gasteiger charge is -2.13. The van der Waals surface area contributed by atoms with Crippen molar-refractivity contribution >= 4 is 17.6 Å². The lowest BCUT2D eigenvalue weighted by atomic mass is 10.0. The highest BCUT2D eigenvalue weighted by Crippen LogP contribution is 2.11. The van der Waals surface area contributed by atoms with Gasteiger partial charge in [0.1, 0.15) is 0 Å². The second kappa shape index (κ2) is 5.73. The Balaban J connectivity index is 2.58. The van der Waals surface area contributed by atoms with Crippen molar-refractivity contribution in [3.05, 3.63) is 34.9 Å². The van der Waals surface area contributed by atoms with Crippen molar-refractivity contribution in [2.45, 2.75) is 18.9 Å². The van der Waals surface area contributed by atoms with Crippen LogP contribution in [0.2, 0.25) is 5.02 Å². The van der Waals surface area contributed by atoms with Crippen molar-refractivity contribution in [3.63, 3.8) is 0 Å². The first-order valence-corrected chi connectivity index (χ1v) is 5.13. The highest BCUT2D eigenvalue weighted by Gasteiger charge is 2.11. The van der Waals surface area contributed by atoms with Crippen molar-refractivity contribution < 1.29 is 9.90 Å². The molecule has 0 radical (unpaired) electrons. The number of likely N-dealkylation sites (N-methyl/N-ethyl adjacent to an activating group) is 1. The summed E-state index contributed by atoms with van der Waals surface area (Å²) in [5, 5.41) is 12.4. The van der Waals surface area contributed by atoms with Crippen LogP contribution in [0.25, 0.3) is 0 Å². The van der Waals surface area contributed by atoms with Crippen LogP contribution < -0.4 is 5.32 Å². The molecule has 1 aromatic rings. The van der Waals surface area contributed by atoms with Crippen LogP contribution >= 0.6 is 11.6 Å². The zero-order chi connectivity index (χ0) is 11.3. The van der Waals surface area contributed by atoms with Gasteiger partial charge in [-0.1, -0.05) is 23.7 Å². The highest BCUT2D eigenvalue weighted by atomic mass is 35.5. The van der Waals surface area contributed by atoms with E-state index >= 15 is 0 Å². The van der Waals surface area contributed by atoms with Gasteiger partial charge in [-0.2, -0.15) is 0 Å². The summed E-state index contributed by atoms with van der Waals surface area (Å²) >= 11 is 5.76. The molecule has 1 atom stereocenters. The Kier molecular flexibility index (Phi) is 4.59. The van der Waals surface area contributed by atoms with Crippen LogP contribution in [-0.4, -0.2) is 24.2 Å². The molecule has 0 spiro atoms. The van der Waals surface area contributed by atoms with Gasteiger partial charge in [0.2, 0.25) is 0 Å². The van der Waals surface area contributed by atoms with Gasteiger partial charge >= 0.3 is 5.97 Å². The molecule has 2 N–H and O–H groups in total. The van der Waals surface area contributed by atoms with E-state index in [1.165, 1.54) is 0 Å². The van der Waals surface area contributed by atoms with Gasteiger partial charge < -0.3 is 10.4 Å². The summed E-state index contributed by atoms with van der Waals surface area (Å²) < 4.78 is 0. The topological polar surface area (TPSA) is 49.3 Å². The number of rotatable bonds is 5. The minimum atomic E-state index is -0.789. The monoisotopic (exact) mass is 227 g/mol. The first kappa shape index (κ1) is 12.0. The molecule has 82 valence electrons. The summed E-state index contributed by atoms with van der Waals surface area (Å²) in [6.45, 7) is 0. The van der Waals surface area contributed by atoms with Crippen molar-refractivity contribution in [2.75, 3.05) is 7.05 Å². The predicted molar refractivity (Wildman–Crippen MR) is 60.3 cm³/mol. The van der Waals surface area contributed by atoms with E-state index in [1.807, 2.05) is 24.3 Å². The summed E-state index contributed by atoms with van der Waals surface area (Å²) in [5.74, 6) is -0.789. The van der Waals surface area contributed by atoms with Crippen LogP contribution in [0.1, 0.15) is 12.0 Å². The van der Waals surface area contributed by atoms with Crippen molar-refractivity contribution in [3.8, 4) is 0 Å². The zero-order valence-electron chi connectivity index (χ0n) is 8.53. The molecule has 0 saturated heterocycles. The average Bonchev–Trinajstić information content (AvgIpc) is 2.19. The third-order valence-electron chi connectivity index (χ3n) is 2.22. The number of carboxylic acids is 1. The molecule has 3 nitrogen and oxygen atoms in total. The van der Waals surface area contributed by atoms with E-state index in [0.29, 0.717) is 11.4 Å². The Hall–Kier alpha value is -1.06. The van der Waals surface area contributed by atoms with Crippen molar-refractivity contribution in [1.29, 1.82) is 0 Å². The van der Waals surface area contributed by atoms with Gasteiger partial charge in [0.05, 0.1) is 6.42 Å². The van der Waals surface area contributed by atoms with Crippen LogP contribution in [0.15, 0.2) is 24.3 Å². The molecule has 0 aliphatic rings. The van der Waals surface area contributed by atoms with Crippen molar-refractivity contribution in [1.82, 2.24) is 5.32 Å². The average molecular weight is 228 g/mol. The minimum Gasteiger partial charge on any atom is -0.481 e. The maximum absolute atomic E-state index is 10.6. The van der Waals surface area contributed by atoms with E-state index in [-0.39, 0.29) is 12.5 Å². The number of halogens is 1. The molecule has 0 unspecified atom stereocenters. The molecule has 0 heterocycles. The van der Waals surface area contributed by atoms with Gasteiger partial charge in [0.15, 0.2) is 0 Å². The van der Waals surface area contributed by atoms with Crippen molar-refractivity contribution in [2.24, 2.45) is 0 Å². The van der Waals surface area contributed by atoms with Crippen LogP contribution in [0.4, 0.5) is 0 Å². The normalized spacial score (nSPS) is 12.4. The SMILES string of the molecule is CN[C@H](CC(=O)O)Cc1ccc(Cl)cc1. The molecule has 4 heteroatoms. The first-order chi connectivity index (χ1) is 7.11. The highest BCUT2D eigenvalue weighted by molar-refractivity contribution is 6.30. The Labute approximate surface area is 94.1 Å². The second-order valence-corrected chi connectivity index (χ2v) is 3.85. The zero-order valence-corrected chi connectivity index (χ0v) is 9.29. The molecule has 1 aromatic carbocycles. The quantitative estimate of drug-likeness (QED) is 0.809. The lowest BCUT2D eigenvalue weighted by molar-refractivity contribution is -0.137. The van der Waals surface area contributed by atoms with E-state index in [4.69, 9.17) is 16.7 Å². The van der Waals surface area contributed by atoms with E-state index in [1.54, 1.807) is 7.05 Å². The fourth-order valence-electron chi connectivity index (χ4n) is 1.39. The first-order valence-electron chi connectivity index (χ1n) is 4.75. The lowest BCUT2D eigenvalue weighted by Crippen LogP contribution is -2.30. The number of benzene rings is 1. The largest absolute Gasteiger partial charge is 0.481 e. The molecular weight excluding hydrogens is 214 g/mol. The molecule has 15 heavy (non-hydrogen) atoms. The third-order valence-corrected chi connectivity index (χ3v) is 2.48. The third kappa shape index (κ3) is 4.32. The molecule has 0 saturated carbocycles. The molecule has 0 bridgehead atoms. The fourth-order valence-corrected chi connectivity index (χ4v) is 1.52.